The van der Waals surface area contributed by atoms with Crippen LogP contribution in [0.5, 0.6) is 0 Å². The van der Waals surface area contributed by atoms with Gasteiger partial charge in [-0.2, -0.15) is 0 Å². The Bertz CT molecular complexity index is 660. The summed E-state index contributed by atoms with van der Waals surface area (Å²) in [4.78, 5) is 4.61. The molecule has 0 radical (unpaired) electrons. The van der Waals surface area contributed by atoms with E-state index in [-0.39, 0.29) is 5.82 Å². The second-order valence-corrected chi connectivity index (χ2v) is 7.99. The van der Waals surface area contributed by atoms with E-state index < -0.39 is 0 Å². The highest BCUT2D eigenvalue weighted by Gasteiger charge is 2.36. The lowest BCUT2D eigenvalue weighted by Crippen LogP contribution is -2.47. The quantitative estimate of drug-likeness (QED) is 0.818. The van der Waals surface area contributed by atoms with Crippen molar-refractivity contribution in [2.45, 2.75) is 51.7 Å². The van der Waals surface area contributed by atoms with Gasteiger partial charge in [0.1, 0.15) is 5.82 Å². The van der Waals surface area contributed by atoms with Gasteiger partial charge < -0.3 is 15.1 Å². The molecule has 0 aromatic heterocycles. The molecule has 0 amide bonds. The predicted molar refractivity (Wildman–Crippen MR) is 100 cm³/mol. The average Bonchev–Trinajstić information content (AvgIpc) is 3.34. The van der Waals surface area contributed by atoms with E-state index in [1.807, 2.05) is 14.0 Å². The smallest absolute Gasteiger partial charge is 0.149 e. The molecular formula is C19H30FN5. The molecule has 1 unspecified atom stereocenters. The van der Waals surface area contributed by atoms with Gasteiger partial charge in [0.15, 0.2) is 0 Å². The van der Waals surface area contributed by atoms with E-state index in [1.54, 1.807) is 5.01 Å². The monoisotopic (exact) mass is 347 g/mol. The summed E-state index contributed by atoms with van der Waals surface area (Å²) in [7, 11) is 2.00. The van der Waals surface area contributed by atoms with E-state index in [4.69, 9.17) is 5.84 Å². The van der Waals surface area contributed by atoms with Crippen LogP contribution in [0.4, 0.5) is 15.8 Å². The number of benzene rings is 1. The number of hydrogen-bond acceptors (Lipinski definition) is 5. The fraction of sp³-hybridized carbons (Fsp3) is 0.684. The first-order valence-electron chi connectivity index (χ1n) is 9.50. The molecule has 0 bridgehead atoms. The third-order valence-electron chi connectivity index (χ3n) is 6.31. The van der Waals surface area contributed by atoms with Gasteiger partial charge in [0.2, 0.25) is 0 Å². The summed E-state index contributed by atoms with van der Waals surface area (Å²) < 4.78 is 15.2. The molecule has 2 aliphatic heterocycles. The molecule has 25 heavy (non-hydrogen) atoms. The van der Waals surface area contributed by atoms with Gasteiger partial charge in [0.05, 0.1) is 12.4 Å². The minimum absolute atomic E-state index is 0.0671. The molecule has 138 valence electrons. The molecule has 4 rings (SSSR count). The average molecular weight is 347 g/mol. The Hall–Kier alpha value is -1.37. The number of hydrogen-bond donors (Lipinski definition) is 2. The van der Waals surface area contributed by atoms with E-state index in [2.05, 4.69) is 28.1 Å². The molecule has 1 saturated carbocycles. The summed E-state index contributed by atoms with van der Waals surface area (Å²) in [6.07, 6.45) is 3.54. The molecule has 1 aromatic rings. The minimum atomic E-state index is -0.0671. The lowest BCUT2D eigenvalue weighted by Gasteiger charge is -2.38. The van der Waals surface area contributed by atoms with Crippen molar-refractivity contribution in [2.24, 2.45) is 11.8 Å². The third kappa shape index (κ3) is 3.00. The van der Waals surface area contributed by atoms with Gasteiger partial charge in [-0.15, -0.1) is 0 Å². The second-order valence-electron chi connectivity index (χ2n) is 7.99. The van der Waals surface area contributed by atoms with E-state index in [1.165, 1.54) is 18.5 Å². The highest BCUT2D eigenvalue weighted by molar-refractivity contribution is 5.69. The third-order valence-corrected chi connectivity index (χ3v) is 6.31. The van der Waals surface area contributed by atoms with Crippen molar-refractivity contribution in [1.82, 2.24) is 10.3 Å². The zero-order valence-corrected chi connectivity index (χ0v) is 15.6. The molecule has 2 heterocycles. The summed E-state index contributed by atoms with van der Waals surface area (Å²) in [6.45, 7) is 7.34. The molecule has 5 nitrogen and oxygen atoms in total. The number of fused-ring (bicyclic) bond motifs is 1. The van der Waals surface area contributed by atoms with Crippen LogP contribution in [0.2, 0.25) is 0 Å². The minimum Gasteiger partial charge on any atom is -0.369 e. The van der Waals surface area contributed by atoms with Gasteiger partial charge in [0, 0.05) is 37.4 Å². The van der Waals surface area contributed by atoms with Crippen molar-refractivity contribution in [3.05, 3.63) is 23.0 Å². The lowest BCUT2D eigenvalue weighted by molar-refractivity contribution is 0.257. The van der Waals surface area contributed by atoms with Crippen molar-refractivity contribution in [3.8, 4) is 0 Å². The van der Waals surface area contributed by atoms with E-state index in [0.717, 1.165) is 43.0 Å². The maximum absolute atomic E-state index is 15.2. The van der Waals surface area contributed by atoms with E-state index in [9.17, 15) is 0 Å². The van der Waals surface area contributed by atoms with Gasteiger partial charge in [-0.3, -0.25) is 5.84 Å². The highest BCUT2D eigenvalue weighted by Crippen LogP contribution is 2.42. The van der Waals surface area contributed by atoms with Crippen LogP contribution >= 0.6 is 0 Å². The summed E-state index contributed by atoms with van der Waals surface area (Å²) in [5, 5.41) is 5.14. The standard InChI is InChI=1S/C19H30FN5/c1-12-16-10-24(21)11-25(15-4-5-15)17(16)8-18(19(12)20)23-7-6-14(9-23)13(2)22-3/h8,13-15,22H,4-7,9-11,21H2,1-3H3/t13?,14-/m0/s1. The van der Waals surface area contributed by atoms with Gasteiger partial charge in [-0.05, 0) is 63.3 Å². The van der Waals surface area contributed by atoms with Crippen LogP contribution in [0.15, 0.2) is 6.07 Å². The number of nitrogens with zero attached hydrogens (tertiary/aromatic N) is 3. The van der Waals surface area contributed by atoms with E-state index >= 15 is 4.39 Å². The van der Waals surface area contributed by atoms with Gasteiger partial charge in [-0.25, -0.2) is 9.40 Å². The van der Waals surface area contributed by atoms with Gasteiger partial charge in [0.25, 0.3) is 0 Å². The number of nitrogens with two attached hydrogens (primary N) is 1. The topological polar surface area (TPSA) is 47.8 Å². The fourth-order valence-electron chi connectivity index (χ4n) is 4.36. The number of anilines is 2. The zero-order valence-electron chi connectivity index (χ0n) is 15.6. The maximum atomic E-state index is 15.2. The van der Waals surface area contributed by atoms with Crippen molar-refractivity contribution >= 4 is 11.4 Å². The van der Waals surface area contributed by atoms with Crippen LogP contribution in [0, 0.1) is 18.7 Å². The van der Waals surface area contributed by atoms with Crippen molar-refractivity contribution in [3.63, 3.8) is 0 Å². The first-order valence-corrected chi connectivity index (χ1v) is 9.50. The molecule has 0 spiro atoms. The summed E-state index contributed by atoms with van der Waals surface area (Å²) in [5.74, 6) is 6.61. The number of hydrazine groups is 1. The number of rotatable bonds is 4. The molecule has 2 fully saturated rings. The van der Waals surface area contributed by atoms with E-state index in [0.29, 0.717) is 24.5 Å². The number of nitrogens with one attached hydrogen (secondary N) is 1. The van der Waals surface area contributed by atoms with Crippen LogP contribution in [-0.4, -0.2) is 43.9 Å². The number of halogens is 1. The van der Waals surface area contributed by atoms with Crippen LogP contribution in [0.1, 0.15) is 37.3 Å². The van der Waals surface area contributed by atoms with Crippen LogP contribution < -0.4 is 21.0 Å². The first-order chi connectivity index (χ1) is 12.0. The Morgan fingerprint density at radius 2 is 2.04 bits per heavy atom. The molecule has 3 N–H and O–H groups in total. The lowest BCUT2D eigenvalue weighted by atomic mass is 10.00. The van der Waals surface area contributed by atoms with Crippen molar-refractivity contribution < 1.29 is 4.39 Å². The first kappa shape index (κ1) is 17.1. The van der Waals surface area contributed by atoms with Crippen LogP contribution in [0.25, 0.3) is 0 Å². The van der Waals surface area contributed by atoms with Gasteiger partial charge in [-0.1, -0.05) is 0 Å². The Labute approximate surface area is 149 Å². The molecule has 2 atom stereocenters. The Morgan fingerprint density at radius 1 is 1.28 bits per heavy atom. The molecular weight excluding hydrogens is 317 g/mol. The molecule has 1 aliphatic carbocycles. The molecule has 3 aliphatic rings. The van der Waals surface area contributed by atoms with Crippen LogP contribution in [-0.2, 0) is 6.54 Å². The van der Waals surface area contributed by atoms with Gasteiger partial charge >= 0.3 is 0 Å². The Balaban J connectivity index is 1.68. The highest BCUT2D eigenvalue weighted by atomic mass is 19.1. The van der Waals surface area contributed by atoms with Crippen LogP contribution in [0.3, 0.4) is 0 Å². The fourth-order valence-corrected chi connectivity index (χ4v) is 4.36. The van der Waals surface area contributed by atoms with Crippen molar-refractivity contribution in [2.75, 3.05) is 36.6 Å². The second kappa shape index (κ2) is 6.41. The SMILES string of the molecule is CNC(C)[C@H]1CCN(c2cc3c(c(C)c2F)CN(N)CN3C2CC2)C1. The summed E-state index contributed by atoms with van der Waals surface area (Å²) in [6, 6.07) is 3.12. The Kier molecular flexibility index (Phi) is 4.38. The maximum Gasteiger partial charge on any atom is 0.149 e. The zero-order chi connectivity index (χ0) is 17.7. The summed E-state index contributed by atoms with van der Waals surface area (Å²) in [5.41, 5.74) is 3.79. The van der Waals surface area contributed by atoms with Crippen molar-refractivity contribution in [1.29, 1.82) is 0 Å². The predicted octanol–water partition coefficient (Wildman–Crippen LogP) is 2.18. The largest absolute Gasteiger partial charge is 0.369 e. The Morgan fingerprint density at radius 3 is 2.72 bits per heavy atom. The molecule has 1 saturated heterocycles. The normalized spacial score (nSPS) is 25.4. The summed E-state index contributed by atoms with van der Waals surface area (Å²) >= 11 is 0. The molecule has 6 heteroatoms. The molecule has 1 aromatic carbocycles.